The minimum Gasteiger partial charge on any atom is -0.378 e. The van der Waals surface area contributed by atoms with Crippen molar-refractivity contribution in [1.82, 2.24) is 29.7 Å². The minimum absolute atomic E-state index is 0.0643. The molecule has 8 nitrogen and oxygen atoms in total. The van der Waals surface area contributed by atoms with Gasteiger partial charge in [-0.15, -0.1) is 20.4 Å². The van der Waals surface area contributed by atoms with E-state index in [-0.39, 0.29) is 11.7 Å². The molecule has 2 aromatic heterocycles. The summed E-state index contributed by atoms with van der Waals surface area (Å²) >= 11 is 7.33. The first-order chi connectivity index (χ1) is 11.7. The Kier molecular flexibility index (Phi) is 4.21. The predicted octanol–water partition coefficient (Wildman–Crippen LogP) is 1.28. The molecule has 4 rings (SSSR count). The van der Waals surface area contributed by atoms with Crippen LogP contribution < -0.4 is 0 Å². The van der Waals surface area contributed by atoms with Crippen LogP contribution in [0.5, 0.6) is 0 Å². The maximum atomic E-state index is 12.3. The number of carbonyl (C=O) groups is 1. The lowest BCUT2D eigenvalue weighted by Crippen LogP contribution is -2.41. The molecule has 1 amide bonds. The monoisotopic (exact) mass is 364 g/mol. The average Bonchev–Trinajstić information content (AvgIpc) is 3.03. The Morgan fingerprint density at radius 1 is 1.21 bits per heavy atom. The first-order valence-corrected chi connectivity index (χ1v) is 8.74. The zero-order valence-corrected chi connectivity index (χ0v) is 14.1. The second-order valence-corrected chi connectivity index (χ2v) is 6.61. The number of benzene rings is 1. The summed E-state index contributed by atoms with van der Waals surface area (Å²) in [6, 6.07) is 5.35. The molecule has 0 N–H and O–H groups in total. The van der Waals surface area contributed by atoms with Gasteiger partial charge < -0.3 is 9.64 Å². The Balaban J connectivity index is 1.61. The van der Waals surface area contributed by atoms with Gasteiger partial charge in [0.25, 0.3) is 5.78 Å². The molecule has 24 heavy (non-hydrogen) atoms. The molecule has 3 heterocycles. The van der Waals surface area contributed by atoms with Gasteiger partial charge in [-0.3, -0.25) is 9.20 Å². The number of rotatable bonds is 3. The lowest BCUT2D eigenvalue weighted by atomic mass is 10.3. The number of nitrogens with zero attached hydrogens (tertiary/aromatic N) is 6. The van der Waals surface area contributed by atoms with Crippen LogP contribution in [-0.4, -0.2) is 67.7 Å². The number of fused-ring (bicyclic) bond motifs is 3. The van der Waals surface area contributed by atoms with Crippen molar-refractivity contribution in [2.24, 2.45) is 0 Å². The Morgan fingerprint density at radius 2 is 2.00 bits per heavy atom. The van der Waals surface area contributed by atoms with Gasteiger partial charge in [-0.2, -0.15) is 0 Å². The van der Waals surface area contributed by atoms with E-state index in [4.69, 9.17) is 16.3 Å². The van der Waals surface area contributed by atoms with Crippen molar-refractivity contribution < 1.29 is 9.53 Å². The largest absolute Gasteiger partial charge is 0.378 e. The number of halogens is 1. The highest BCUT2D eigenvalue weighted by Gasteiger charge is 2.19. The number of hydrogen-bond donors (Lipinski definition) is 0. The Hall–Kier alpha value is -1.97. The van der Waals surface area contributed by atoms with Gasteiger partial charge in [0.15, 0.2) is 5.16 Å². The smallest absolute Gasteiger partial charge is 0.275 e. The first kappa shape index (κ1) is 15.6. The Labute approximate surface area is 146 Å². The lowest BCUT2D eigenvalue weighted by Gasteiger charge is -2.26. The van der Waals surface area contributed by atoms with Crippen LogP contribution in [0.25, 0.3) is 16.8 Å². The van der Waals surface area contributed by atoms with Crippen molar-refractivity contribution in [1.29, 1.82) is 0 Å². The molecule has 0 atom stereocenters. The summed E-state index contributed by atoms with van der Waals surface area (Å²) in [6.07, 6.45) is 0. The number of hydrogen-bond acceptors (Lipinski definition) is 7. The summed E-state index contributed by atoms with van der Waals surface area (Å²) in [5, 5.41) is 17.5. The van der Waals surface area contributed by atoms with E-state index in [1.54, 1.807) is 21.4 Å². The normalized spacial score (nSPS) is 15.3. The van der Waals surface area contributed by atoms with Crippen LogP contribution in [-0.2, 0) is 9.53 Å². The van der Waals surface area contributed by atoms with Gasteiger partial charge >= 0.3 is 0 Å². The third-order valence-electron chi connectivity index (χ3n) is 3.73. The minimum atomic E-state index is 0.0643. The SMILES string of the molecule is O=C(CSc1nnc2nnc3cc(Cl)ccc3n12)N1CCOCC1. The summed E-state index contributed by atoms with van der Waals surface area (Å²) in [7, 11) is 0. The summed E-state index contributed by atoms with van der Waals surface area (Å²) in [5.41, 5.74) is 1.45. The van der Waals surface area contributed by atoms with Crippen LogP contribution in [0.4, 0.5) is 0 Å². The van der Waals surface area contributed by atoms with Gasteiger partial charge in [0.05, 0.1) is 24.5 Å². The third-order valence-corrected chi connectivity index (χ3v) is 4.88. The van der Waals surface area contributed by atoms with E-state index in [0.717, 1.165) is 5.52 Å². The predicted molar refractivity (Wildman–Crippen MR) is 89.2 cm³/mol. The van der Waals surface area contributed by atoms with Gasteiger partial charge in [0.2, 0.25) is 5.91 Å². The molecular weight excluding hydrogens is 352 g/mol. The summed E-state index contributed by atoms with van der Waals surface area (Å²) < 4.78 is 7.05. The van der Waals surface area contributed by atoms with Crippen LogP contribution in [0.2, 0.25) is 5.02 Å². The van der Waals surface area contributed by atoms with E-state index < -0.39 is 0 Å². The van der Waals surface area contributed by atoms with Gasteiger partial charge in [-0.05, 0) is 18.2 Å². The maximum absolute atomic E-state index is 12.3. The molecule has 0 bridgehead atoms. The third kappa shape index (κ3) is 2.90. The molecule has 1 aliphatic rings. The van der Waals surface area contributed by atoms with Crippen LogP contribution in [0.3, 0.4) is 0 Å². The topological polar surface area (TPSA) is 85.5 Å². The number of morpholine rings is 1. The highest BCUT2D eigenvalue weighted by atomic mass is 35.5. The number of amides is 1. The molecule has 0 spiro atoms. The zero-order valence-electron chi connectivity index (χ0n) is 12.6. The van der Waals surface area contributed by atoms with Crippen molar-refractivity contribution in [2.75, 3.05) is 32.1 Å². The quantitative estimate of drug-likeness (QED) is 0.647. The molecule has 0 unspecified atom stereocenters. The van der Waals surface area contributed by atoms with E-state index in [2.05, 4.69) is 20.4 Å². The van der Waals surface area contributed by atoms with Gasteiger partial charge in [-0.25, -0.2) is 0 Å². The van der Waals surface area contributed by atoms with E-state index in [1.807, 2.05) is 6.07 Å². The molecule has 0 aliphatic carbocycles. The molecule has 124 valence electrons. The van der Waals surface area contributed by atoms with E-state index in [0.29, 0.717) is 47.8 Å². The summed E-state index contributed by atoms with van der Waals surface area (Å²) in [5.74, 6) is 0.749. The second kappa shape index (κ2) is 6.50. The van der Waals surface area contributed by atoms with Crippen molar-refractivity contribution in [3.8, 4) is 0 Å². The van der Waals surface area contributed by atoms with Crippen molar-refractivity contribution in [3.63, 3.8) is 0 Å². The van der Waals surface area contributed by atoms with Gasteiger partial charge in [-0.1, -0.05) is 23.4 Å². The van der Waals surface area contributed by atoms with Crippen molar-refractivity contribution in [2.45, 2.75) is 5.16 Å². The van der Waals surface area contributed by atoms with Crippen LogP contribution in [0.1, 0.15) is 0 Å². The second-order valence-electron chi connectivity index (χ2n) is 5.23. The fourth-order valence-electron chi connectivity index (χ4n) is 2.53. The molecule has 10 heteroatoms. The van der Waals surface area contributed by atoms with Crippen molar-refractivity contribution >= 4 is 46.1 Å². The molecule has 1 saturated heterocycles. The number of aromatic nitrogens is 5. The molecule has 1 aromatic carbocycles. The Morgan fingerprint density at radius 3 is 2.83 bits per heavy atom. The van der Waals surface area contributed by atoms with Crippen LogP contribution in [0.15, 0.2) is 23.4 Å². The molecule has 1 aliphatic heterocycles. The first-order valence-electron chi connectivity index (χ1n) is 7.38. The standard InChI is InChI=1S/C14H13ClN6O2S/c15-9-1-2-11-10(7-9)16-17-13-18-19-14(21(11)13)24-8-12(22)20-3-5-23-6-4-20/h1-2,7H,3-6,8H2. The number of thioether (sulfide) groups is 1. The fraction of sp³-hybridized carbons (Fsp3) is 0.357. The fourth-order valence-corrected chi connectivity index (χ4v) is 3.54. The summed E-state index contributed by atoms with van der Waals surface area (Å²) in [6.45, 7) is 2.44. The summed E-state index contributed by atoms with van der Waals surface area (Å²) in [4.78, 5) is 14.1. The molecular formula is C14H13ClN6O2S. The Bertz CT molecular complexity index is 911. The molecule has 1 fully saturated rings. The van der Waals surface area contributed by atoms with E-state index in [9.17, 15) is 4.79 Å². The van der Waals surface area contributed by atoms with Crippen LogP contribution >= 0.6 is 23.4 Å². The average molecular weight is 365 g/mol. The van der Waals surface area contributed by atoms with Gasteiger partial charge in [0, 0.05) is 18.1 Å². The molecule has 3 aromatic rings. The lowest BCUT2D eigenvalue weighted by molar-refractivity contribution is -0.132. The molecule has 0 saturated carbocycles. The van der Waals surface area contributed by atoms with E-state index >= 15 is 0 Å². The van der Waals surface area contributed by atoms with E-state index in [1.165, 1.54) is 11.8 Å². The van der Waals surface area contributed by atoms with Gasteiger partial charge in [0.1, 0.15) is 5.52 Å². The highest BCUT2D eigenvalue weighted by Crippen LogP contribution is 2.23. The van der Waals surface area contributed by atoms with Crippen molar-refractivity contribution in [3.05, 3.63) is 23.2 Å². The zero-order chi connectivity index (χ0) is 16.5. The number of ether oxygens (including phenoxy) is 1. The number of carbonyl (C=O) groups excluding carboxylic acids is 1. The highest BCUT2D eigenvalue weighted by molar-refractivity contribution is 7.99. The molecule has 0 radical (unpaired) electrons. The maximum Gasteiger partial charge on any atom is 0.275 e. The van der Waals surface area contributed by atoms with Crippen LogP contribution in [0, 0.1) is 0 Å².